The Kier molecular flexibility index (Phi) is 6.43. The summed E-state index contributed by atoms with van der Waals surface area (Å²) in [5.41, 5.74) is 0. The molecular formula is C9H17O3P2+. The van der Waals surface area contributed by atoms with Crippen molar-refractivity contribution < 1.29 is 14.7 Å². The first-order valence-corrected chi connectivity index (χ1v) is 8.41. The number of hydrogen-bond acceptors (Lipinski definition) is 3. The third-order valence-electron chi connectivity index (χ3n) is 1.53. The summed E-state index contributed by atoms with van der Waals surface area (Å²) in [4.78, 5) is 21.7. The summed E-state index contributed by atoms with van der Waals surface area (Å²) >= 11 is 0. The van der Waals surface area contributed by atoms with Gasteiger partial charge in [0.25, 0.3) is 0 Å². The quantitative estimate of drug-likeness (QED) is 0.645. The van der Waals surface area contributed by atoms with Crippen LogP contribution in [0.15, 0.2) is 30.3 Å². The molecule has 0 amide bonds. The highest BCUT2D eigenvalue weighted by Gasteiger charge is 2.19. The molecule has 0 atom stereocenters. The zero-order valence-corrected chi connectivity index (χ0v) is 10.4. The second-order valence-corrected chi connectivity index (χ2v) is 8.69. The summed E-state index contributed by atoms with van der Waals surface area (Å²) in [6, 6.07) is 10.7. The minimum Gasteiger partial charge on any atom is -0.328 e. The van der Waals surface area contributed by atoms with Gasteiger partial charge in [0.05, 0.1) is 25.3 Å². The Morgan fingerprint density at radius 3 is 1.50 bits per heavy atom. The minimum absolute atomic E-state index is 0.768. The van der Waals surface area contributed by atoms with Gasteiger partial charge >= 0.3 is 8.60 Å². The van der Waals surface area contributed by atoms with Crippen LogP contribution in [0.5, 0.6) is 0 Å². The van der Waals surface area contributed by atoms with Crippen molar-refractivity contribution in [3.05, 3.63) is 30.3 Å². The van der Waals surface area contributed by atoms with Crippen molar-refractivity contribution in [3.8, 4) is 0 Å². The van der Waals surface area contributed by atoms with Gasteiger partial charge in [-0.2, -0.15) is 0 Å². The largest absolute Gasteiger partial charge is 0.328 e. The van der Waals surface area contributed by atoms with Gasteiger partial charge in [0.15, 0.2) is 0 Å². The summed E-state index contributed by atoms with van der Waals surface area (Å²) in [5.74, 6) is 0. The highest BCUT2D eigenvalue weighted by atomic mass is 31.2. The molecule has 0 spiro atoms. The van der Waals surface area contributed by atoms with Crippen LogP contribution in [0.3, 0.4) is 0 Å². The van der Waals surface area contributed by atoms with Gasteiger partial charge in [0, 0.05) is 7.26 Å². The molecule has 0 aliphatic rings. The monoisotopic (exact) mass is 235 g/mol. The van der Waals surface area contributed by atoms with Crippen LogP contribution in [0, 0.1) is 0 Å². The molecule has 5 heteroatoms. The summed E-state index contributed by atoms with van der Waals surface area (Å²) in [7, 11) is -3.39. The molecule has 0 radical (unpaired) electrons. The van der Waals surface area contributed by atoms with Gasteiger partial charge in [-0.25, -0.2) is 0 Å². The Hall–Kier alpha value is -0.0400. The highest BCUT2D eigenvalue weighted by Crippen LogP contribution is 2.44. The molecule has 0 heterocycles. The fourth-order valence-corrected chi connectivity index (χ4v) is 1.94. The van der Waals surface area contributed by atoms with Crippen molar-refractivity contribution in [1.82, 2.24) is 0 Å². The summed E-state index contributed by atoms with van der Waals surface area (Å²) < 4.78 is 0. The Bertz CT molecular complexity index is 241. The average molecular weight is 235 g/mol. The lowest BCUT2D eigenvalue weighted by Crippen LogP contribution is -2.05. The van der Waals surface area contributed by atoms with Crippen LogP contribution >= 0.6 is 15.9 Å². The van der Waals surface area contributed by atoms with Crippen molar-refractivity contribution in [2.24, 2.45) is 0 Å². The lowest BCUT2D eigenvalue weighted by Gasteiger charge is -2.10. The van der Waals surface area contributed by atoms with Gasteiger partial charge < -0.3 is 14.7 Å². The van der Waals surface area contributed by atoms with Crippen LogP contribution in [0.1, 0.15) is 0 Å². The summed E-state index contributed by atoms with van der Waals surface area (Å²) in [5, 5.41) is 1.51. The van der Waals surface area contributed by atoms with Gasteiger partial charge in [-0.15, -0.1) is 0 Å². The number of rotatable bonds is 1. The smallest absolute Gasteiger partial charge is 0.324 e. The third-order valence-corrected chi connectivity index (χ3v) is 3.38. The Balaban J connectivity index is 0.000000364. The van der Waals surface area contributed by atoms with Crippen LogP contribution in [-0.2, 0) is 0 Å². The van der Waals surface area contributed by atoms with E-state index in [1.54, 1.807) is 0 Å². The van der Waals surface area contributed by atoms with E-state index in [-0.39, 0.29) is 0 Å². The number of hydrogen-bond donors (Lipinski definition) is 3. The zero-order chi connectivity index (χ0) is 11.2. The molecule has 14 heavy (non-hydrogen) atoms. The van der Waals surface area contributed by atoms with Crippen LogP contribution in [0.25, 0.3) is 0 Å². The van der Waals surface area contributed by atoms with Crippen molar-refractivity contribution in [3.63, 3.8) is 0 Å². The number of benzene rings is 1. The van der Waals surface area contributed by atoms with Crippen molar-refractivity contribution in [1.29, 1.82) is 0 Å². The van der Waals surface area contributed by atoms with E-state index < -0.39 is 15.9 Å². The molecule has 0 saturated carbocycles. The first-order valence-electron chi connectivity index (χ1n) is 4.08. The topological polar surface area (TPSA) is 60.7 Å². The van der Waals surface area contributed by atoms with E-state index in [1.807, 2.05) is 0 Å². The molecule has 1 aromatic carbocycles. The molecule has 1 aromatic rings. The third kappa shape index (κ3) is 7.37. The molecule has 0 aromatic heterocycles. The molecule has 0 unspecified atom stereocenters. The lowest BCUT2D eigenvalue weighted by molar-refractivity contribution is 0.368. The SMILES string of the molecule is C[P+](C)(C)c1ccccc1.OP(O)O. The summed E-state index contributed by atoms with van der Waals surface area (Å²) in [6.45, 7) is 7.01. The maximum absolute atomic E-state index is 7.23. The molecule has 3 N–H and O–H groups in total. The van der Waals surface area contributed by atoms with Gasteiger partial charge in [-0.05, 0) is 12.1 Å². The van der Waals surface area contributed by atoms with Gasteiger partial charge in [0.2, 0.25) is 0 Å². The van der Waals surface area contributed by atoms with Gasteiger partial charge in [-0.1, -0.05) is 18.2 Å². The Morgan fingerprint density at radius 2 is 1.29 bits per heavy atom. The molecule has 0 aliphatic carbocycles. The van der Waals surface area contributed by atoms with Gasteiger partial charge in [0.1, 0.15) is 0 Å². The molecule has 0 saturated heterocycles. The maximum atomic E-state index is 7.23. The second-order valence-electron chi connectivity index (χ2n) is 3.62. The van der Waals surface area contributed by atoms with E-state index in [9.17, 15) is 0 Å². The van der Waals surface area contributed by atoms with Crippen LogP contribution < -0.4 is 5.30 Å². The maximum Gasteiger partial charge on any atom is 0.324 e. The lowest BCUT2D eigenvalue weighted by atomic mass is 10.4. The fraction of sp³-hybridized carbons (Fsp3) is 0.333. The van der Waals surface area contributed by atoms with E-state index in [4.69, 9.17) is 14.7 Å². The van der Waals surface area contributed by atoms with E-state index in [0.29, 0.717) is 0 Å². The Labute approximate surface area is 86.8 Å². The molecule has 80 valence electrons. The minimum atomic E-state index is -2.62. The van der Waals surface area contributed by atoms with Crippen LogP contribution in [0.4, 0.5) is 0 Å². The molecule has 0 bridgehead atoms. The van der Waals surface area contributed by atoms with Crippen molar-refractivity contribution in [2.75, 3.05) is 20.0 Å². The standard InChI is InChI=1S/C9H14P.H3O3P/c1-10(2,3)9-7-5-4-6-8-9;1-4(2)3/h4-8H,1-3H3;1-3H/q+1;. The van der Waals surface area contributed by atoms with E-state index in [0.717, 1.165) is 0 Å². The molecule has 0 fully saturated rings. The molecule has 1 rings (SSSR count). The zero-order valence-electron chi connectivity index (χ0n) is 8.62. The molecule has 0 aliphatic heterocycles. The molecule has 3 nitrogen and oxygen atoms in total. The predicted molar refractivity (Wildman–Crippen MR) is 64.3 cm³/mol. The van der Waals surface area contributed by atoms with Crippen molar-refractivity contribution in [2.45, 2.75) is 0 Å². The van der Waals surface area contributed by atoms with Crippen molar-refractivity contribution >= 4 is 21.2 Å². The van der Waals surface area contributed by atoms with Crippen LogP contribution in [-0.4, -0.2) is 34.7 Å². The molecular weight excluding hydrogens is 218 g/mol. The first kappa shape index (κ1) is 14.0. The highest BCUT2D eigenvalue weighted by molar-refractivity contribution is 7.80. The van der Waals surface area contributed by atoms with Crippen LogP contribution in [0.2, 0.25) is 0 Å². The summed E-state index contributed by atoms with van der Waals surface area (Å²) in [6.07, 6.45) is 0. The normalized spacial score (nSPS) is 10.8. The second kappa shape index (κ2) is 6.44. The van der Waals surface area contributed by atoms with Gasteiger partial charge in [-0.3, -0.25) is 0 Å². The predicted octanol–water partition coefficient (Wildman–Crippen LogP) is 1.41. The van der Waals surface area contributed by atoms with E-state index >= 15 is 0 Å². The average Bonchev–Trinajstić information content (AvgIpc) is 2.03. The first-order chi connectivity index (χ1) is 6.34. The fourth-order valence-electron chi connectivity index (χ4n) is 0.875. The van der Waals surface area contributed by atoms with E-state index in [2.05, 4.69) is 50.3 Å². The van der Waals surface area contributed by atoms with E-state index in [1.165, 1.54) is 5.30 Å². The Morgan fingerprint density at radius 1 is 0.929 bits per heavy atom.